The minimum Gasteiger partial charge on any atom is -0.272 e. The molecule has 0 saturated carbocycles. The average molecular weight is 333 g/mol. The number of fused-ring (bicyclic) bond motifs is 1. The fraction of sp³-hybridized carbons (Fsp3) is 0.250. The number of rotatable bonds is 4. The number of carbonyl (C=O) groups is 2. The normalized spacial score (nSPS) is 23.9. The predicted octanol–water partition coefficient (Wildman–Crippen LogP) is 1.90. The van der Waals surface area contributed by atoms with E-state index in [1.54, 1.807) is 18.2 Å². The molecule has 2 atom stereocenters. The Morgan fingerprint density at radius 3 is 2.04 bits per heavy atom. The van der Waals surface area contributed by atoms with Crippen LogP contribution in [0.5, 0.6) is 0 Å². The second-order valence-corrected chi connectivity index (χ2v) is 6.96. The molecular weight excluding hydrogens is 318 g/mol. The molecule has 1 saturated heterocycles. The van der Waals surface area contributed by atoms with E-state index in [1.165, 1.54) is 12.1 Å². The third-order valence-electron chi connectivity index (χ3n) is 4.04. The number of allylic oxidation sites excluding steroid dienone is 2. The van der Waals surface area contributed by atoms with Gasteiger partial charge in [0.25, 0.3) is 11.8 Å². The highest BCUT2D eigenvalue weighted by Gasteiger charge is 2.50. The Labute approximate surface area is 134 Å². The number of hydrogen-bond donors (Lipinski definition) is 0. The molecule has 0 aromatic heterocycles. The van der Waals surface area contributed by atoms with Crippen molar-refractivity contribution in [2.75, 3.05) is 0 Å². The molecule has 0 N–H and O–H groups in total. The van der Waals surface area contributed by atoms with Crippen LogP contribution in [0.3, 0.4) is 0 Å². The topological polar surface area (TPSA) is 80.8 Å². The monoisotopic (exact) mass is 333 g/mol. The molecule has 2 amide bonds. The highest BCUT2D eigenvalue weighted by atomic mass is 32.2. The van der Waals surface area contributed by atoms with Crippen LogP contribution in [0.2, 0.25) is 0 Å². The lowest BCUT2D eigenvalue weighted by atomic mass is 9.85. The fourth-order valence-electron chi connectivity index (χ4n) is 2.76. The molecule has 0 spiro atoms. The molecule has 1 aliphatic heterocycles. The van der Waals surface area contributed by atoms with Crippen LogP contribution in [0.15, 0.2) is 47.9 Å². The molecule has 1 aromatic rings. The molecule has 2 unspecified atom stereocenters. The molecular formula is C16H15NO5S. The molecule has 3 rings (SSSR count). The van der Waals surface area contributed by atoms with Crippen LogP contribution in [0.25, 0.3) is 6.08 Å². The number of hydrogen-bond acceptors (Lipinski definition) is 5. The van der Waals surface area contributed by atoms with Gasteiger partial charge in [0, 0.05) is 0 Å². The Bertz CT molecular complexity index is 768. The number of amides is 2. The standard InChI is InChI=1S/C16H15NO5S/c1-2-11-7-9-12(10-8-11)23(20,21)22-17-15(18)13-5-3-4-6-14(13)16(17)19/h2-4,7-10,13-14H,1,5-6H2. The van der Waals surface area contributed by atoms with Crippen LogP contribution in [-0.2, 0) is 24.0 Å². The molecule has 23 heavy (non-hydrogen) atoms. The summed E-state index contributed by atoms with van der Waals surface area (Å²) < 4.78 is 29.4. The first-order valence-corrected chi connectivity index (χ1v) is 8.55. The van der Waals surface area contributed by atoms with Gasteiger partial charge < -0.3 is 0 Å². The zero-order chi connectivity index (χ0) is 16.6. The first-order valence-electron chi connectivity index (χ1n) is 7.14. The highest BCUT2D eigenvalue weighted by Crippen LogP contribution is 2.36. The van der Waals surface area contributed by atoms with Gasteiger partial charge in [-0.1, -0.05) is 36.9 Å². The van der Waals surface area contributed by atoms with Crippen molar-refractivity contribution < 1.29 is 22.3 Å². The minimum absolute atomic E-state index is 0.128. The molecule has 6 nitrogen and oxygen atoms in total. The first kappa shape index (κ1) is 15.6. The van der Waals surface area contributed by atoms with Crippen LogP contribution in [-0.4, -0.2) is 25.3 Å². The Morgan fingerprint density at radius 1 is 1.04 bits per heavy atom. The van der Waals surface area contributed by atoms with E-state index >= 15 is 0 Å². The summed E-state index contributed by atoms with van der Waals surface area (Å²) in [6.07, 6.45) is 6.05. The number of hydroxylamine groups is 2. The summed E-state index contributed by atoms with van der Waals surface area (Å²) in [5.74, 6) is -2.28. The highest BCUT2D eigenvalue weighted by molar-refractivity contribution is 7.86. The van der Waals surface area contributed by atoms with Gasteiger partial charge in [-0.05, 0) is 30.5 Å². The summed E-state index contributed by atoms with van der Waals surface area (Å²) in [5, 5.41) is 0.402. The van der Waals surface area contributed by atoms with E-state index in [4.69, 9.17) is 4.28 Å². The van der Waals surface area contributed by atoms with Gasteiger partial charge in [-0.25, -0.2) is 0 Å². The summed E-state index contributed by atoms with van der Waals surface area (Å²) in [5.41, 5.74) is 0.745. The maximum absolute atomic E-state index is 12.3. The number of carbonyl (C=O) groups excluding carboxylic acids is 2. The number of benzene rings is 1. The second-order valence-electron chi connectivity index (χ2n) is 5.43. The Balaban J connectivity index is 1.84. The van der Waals surface area contributed by atoms with Crippen LogP contribution in [0.1, 0.15) is 18.4 Å². The molecule has 0 radical (unpaired) electrons. The molecule has 1 aromatic carbocycles. The second kappa shape index (κ2) is 5.75. The van der Waals surface area contributed by atoms with Crippen molar-refractivity contribution in [1.29, 1.82) is 0 Å². The van der Waals surface area contributed by atoms with E-state index < -0.39 is 33.8 Å². The van der Waals surface area contributed by atoms with E-state index in [2.05, 4.69) is 6.58 Å². The Morgan fingerprint density at radius 2 is 1.57 bits per heavy atom. The van der Waals surface area contributed by atoms with E-state index in [0.717, 1.165) is 5.56 Å². The van der Waals surface area contributed by atoms with Gasteiger partial charge in [0.2, 0.25) is 0 Å². The molecule has 2 aliphatic rings. The van der Waals surface area contributed by atoms with Gasteiger partial charge >= 0.3 is 10.1 Å². The quantitative estimate of drug-likeness (QED) is 0.621. The third-order valence-corrected chi connectivity index (χ3v) is 5.24. The van der Waals surface area contributed by atoms with Gasteiger partial charge in [0.05, 0.1) is 16.7 Å². The van der Waals surface area contributed by atoms with E-state index in [0.29, 0.717) is 17.9 Å². The Hall–Kier alpha value is -2.25. The van der Waals surface area contributed by atoms with Gasteiger partial charge in [-0.15, -0.1) is 9.35 Å². The molecule has 7 heteroatoms. The van der Waals surface area contributed by atoms with Gasteiger partial charge in [-0.2, -0.15) is 8.42 Å². The van der Waals surface area contributed by atoms with Crippen LogP contribution in [0, 0.1) is 11.8 Å². The predicted molar refractivity (Wildman–Crippen MR) is 82.0 cm³/mol. The lowest BCUT2D eigenvalue weighted by Crippen LogP contribution is -2.33. The first-order chi connectivity index (χ1) is 10.9. The summed E-state index contributed by atoms with van der Waals surface area (Å²) in [7, 11) is -4.25. The van der Waals surface area contributed by atoms with Crippen LogP contribution in [0.4, 0.5) is 0 Å². The average Bonchev–Trinajstić information content (AvgIpc) is 2.80. The van der Waals surface area contributed by atoms with Gasteiger partial charge in [0.15, 0.2) is 0 Å². The maximum atomic E-state index is 12.3. The molecule has 120 valence electrons. The third kappa shape index (κ3) is 2.73. The van der Waals surface area contributed by atoms with Crippen molar-refractivity contribution in [3.63, 3.8) is 0 Å². The van der Waals surface area contributed by atoms with Crippen molar-refractivity contribution in [3.05, 3.63) is 48.6 Å². The van der Waals surface area contributed by atoms with Gasteiger partial charge in [-0.3, -0.25) is 9.59 Å². The summed E-state index contributed by atoms with van der Waals surface area (Å²) in [4.78, 5) is 24.3. The van der Waals surface area contributed by atoms with E-state index in [-0.39, 0.29) is 4.90 Å². The molecule has 0 bridgehead atoms. The van der Waals surface area contributed by atoms with Crippen LogP contribution < -0.4 is 0 Å². The zero-order valence-electron chi connectivity index (χ0n) is 12.2. The SMILES string of the molecule is C=Cc1ccc(S(=O)(=O)ON2C(=O)C3CC=CCC3C2=O)cc1. The van der Waals surface area contributed by atoms with Crippen molar-refractivity contribution in [3.8, 4) is 0 Å². The van der Waals surface area contributed by atoms with Crippen molar-refractivity contribution in [2.45, 2.75) is 17.7 Å². The van der Waals surface area contributed by atoms with Crippen LogP contribution >= 0.6 is 0 Å². The fourth-order valence-corrected chi connectivity index (χ4v) is 3.65. The van der Waals surface area contributed by atoms with Gasteiger partial charge in [0.1, 0.15) is 0 Å². The van der Waals surface area contributed by atoms with E-state index in [9.17, 15) is 18.0 Å². The van der Waals surface area contributed by atoms with E-state index in [1.807, 2.05) is 12.2 Å². The number of nitrogens with zero attached hydrogens (tertiary/aromatic N) is 1. The molecule has 1 heterocycles. The largest absolute Gasteiger partial charge is 0.318 e. The maximum Gasteiger partial charge on any atom is 0.318 e. The summed E-state index contributed by atoms with van der Waals surface area (Å²) >= 11 is 0. The summed E-state index contributed by atoms with van der Waals surface area (Å²) in [6.45, 7) is 3.58. The lowest BCUT2D eigenvalue weighted by molar-refractivity contribution is -0.165. The summed E-state index contributed by atoms with van der Waals surface area (Å²) in [6, 6.07) is 5.79. The molecule has 1 fully saturated rings. The van der Waals surface area contributed by atoms with Crippen molar-refractivity contribution in [1.82, 2.24) is 5.06 Å². The lowest BCUT2D eigenvalue weighted by Gasteiger charge is -2.14. The molecule has 1 aliphatic carbocycles. The minimum atomic E-state index is -4.25. The smallest absolute Gasteiger partial charge is 0.272 e. The van der Waals surface area contributed by atoms with Crippen molar-refractivity contribution >= 4 is 28.0 Å². The Kier molecular flexibility index (Phi) is 3.91. The van der Waals surface area contributed by atoms with Crippen molar-refractivity contribution in [2.24, 2.45) is 11.8 Å². The number of imide groups is 1. The zero-order valence-corrected chi connectivity index (χ0v) is 13.0.